The molecule has 0 aliphatic rings. The Balaban J connectivity index is 4.26. The van der Waals surface area contributed by atoms with Crippen molar-refractivity contribution < 1.29 is 38.2 Å². The molecule has 0 amide bonds. The van der Waals surface area contributed by atoms with Gasteiger partial charge in [0.1, 0.15) is 12.6 Å². The third-order valence-corrected chi connectivity index (χ3v) is 9.17. The lowest BCUT2D eigenvalue weighted by molar-refractivity contribution is -0.889. The molecule has 0 aliphatic heterocycles. The van der Waals surface area contributed by atoms with Crippen LogP contribution in [0.2, 0.25) is 0 Å². The molecule has 0 rings (SSSR count). The van der Waals surface area contributed by atoms with Crippen molar-refractivity contribution in [2.45, 2.75) is 193 Å². The SMILES string of the molecule is CCCCC/C=C/CCC(=O)OCC(COCCC(C(=O)[O-])[N+](C)(C)C)OC(=O)CCCCCCCCCCCCCCCCCCCC. The molecule has 2 unspecified atom stereocenters. The first-order chi connectivity index (χ1) is 23.6. The van der Waals surface area contributed by atoms with Gasteiger partial charge >= 0.3 is 11.9 Å². The summed E-state index contributed by atoms with van der Waals surface area (Å²) in [5.41, 5.74) is 0. The highest BCUT2D eigenvalue weighted by Crippen LogP contribution is 2.15. The average molecular weight is 696 g/mol. The smallest absolute Gasteiger partial charge is 0.306 e. The summed E-state index contributed by atoms with van der Waals surface area (Å²) < 4.78 is 17.0. The van der Waals surface area contributed by atoms with Crippen LogP contribution >= 0.6 is 0 Å². The fourth-order valence-corrected chi connectivity index (χ4v) is 5.97. The van der Waals surface area contributed by atoms with E-state index in [1.165, 1.54) is 109 Å². The van der Waals surface area contributed by atoms with E-state index in [-0.39, 0.29) is 49.1 Å². The Morgan fingerprint density at radius 3 is 1.55 bits per heavy atom. The minimum atomic E-state index is -1.13. The van der Waals surface area contributed by atoms with Crippen LogP contribution in [0.3, 0.4) is 0 Å². The van der Waals surface area contributed by atoms with Crippen LogP contribution in [-0.4, -0.2) is 75.5 Å². The number of hydrogen-bond acceptors (Lipinski definition) is 7. The van der Waals surface area contributed by atoms with Gasteiger partial charge in [0.2, 0.25) is 0 Å². The third kappa shape index (κ3) is 31.8. The molecule has 0 radical (unpaired) electrons. The van der Waals surface area contributed by atoms with Crippen molar-refractivity contribution in [3.63, 3.8) is 0 Å². The number of ether oxygens (including phenoxy) is 3. The summed E-state index contributed by atoms with van der Waals surface area (Å²) in [5, 5.41) is 11.6. The second-order valence-electron chi connectivity index (χ2n) is 14.9. The van der Waals surface area contributed by atoms with Crippen molar-refractivity contribution in [1.29, 1.82) is 0 Å². The summed E-state index contributed by atoms with van der Waals surface area (Å²) in [6.07, 6.45) is 32.7. The highest BCUT2D eigenvalue weighted by atomic mass is 16.6. The molecule has 0 saturated heterocycles. The lowest BCUT2D eigenvalue weighted by atomic mass is 10.0. The quantitative estimate of drug-likeness (QED) is 0.0279. The van der Waals surface area contributed by atoms with Crippen molar-refractivity contribution in [1.82, 2.24) is 0 Å². The van der Waals surface area contributed by atoms with E-state index in [4.69, 9.17) is 14.2 Å². The second kappa shape index (κ2) is 33.2. The van der Waals surface area contributed by atoms with Crippen LogP contribution in [0.1, 0.15) is 181 Å². The van der Waals surface area contributed by atoms with Crippen LogP contribution in [0.5, 0.6) is 0 Å². The van der Waals surface area contributed by atoms with Gasteiger partial charge in [-0.25, -0.2) is 0 Å². The molecule has 288 valence electrons. The Labute approximate surface area is 301 Å². The molecule has 0 heterocycles. The Hall–Kier alpha value is -1.93. The van der Waals surface area contributed by atoms with Gasteiger partial charge < -0.3 is 28.6 Å². The Kier molecular flexibility index (Phi) is 31.9. The van der Waals surface area contributed by atoms with E-state index in [0.717, 1.165) is 32.1 Å². The summed E-state index contributed by atoms with van der Waals surface area (Å²) in [6.45, 7) is 4.57. The lowest BCUT2D eigenvalue weighted by Gasteiger charge is -2.34. The van der Waals surface area contributed by atoms with Crippen LogP contribution in [0.4, 0.5) is 0 Å². The number of aliphatic carboxylic acids is 1. The fourth-order valence-electron chi connectivity index (χ4n) is 5.97. The van der Waals surface area contributed by atoms with Crippen molar-refractivity contribution in [3.05, 3.63) is 12.2 Å². The first kappa shape index (κ1) is 47.1. The molecule has 49 heavy (non-hydrogen) atoms. The van der Waals surface area contributed by atoms with Crippen molar-refractivity contribution in [3.8, 4) is 0 Å². The highest BCUT2D eigenvalue weighted by molar-refractivity contribution is 5.70. The molecule has 0 bridgehead atoms. The maximum Gasteiger partial charge on any atom is 0.306 e. The van der Waals surface area contributed by atoms with E-state index in [0.29, 0.717) is 12.8 Å². The van der Waals surface area contributed by atoms with Crippen LogP contribution < -0.4 is 5.11 Å². The van der Waals surface area contributed by atoms with E-state index in [1.54, 1.807) is 21.1 Å². The van der Waals surface area contributed by atoms with E-state index in [9.17, 15) is 19.5 Å². The molecule has 0 spiro atoms. The molecule has 8 heteroatoms. The topological polar surface area (TPSA) is 102 Å². The number of allylic oxidation sites excluding steroid dienone is 2. The van der Waals surface area contributed by atoms with Crippen LogP contribution in [0, 0.1) is 0 Å². The third-order valence-electron chi connectivity index (χ3n) is 9.17. The molecule has 0 N–H and O–H groups in total. The molecule has 0 aromatic heterocycles. The van der Waals surface area contributed by atoms with E-state index in [2.05, 4.69) is 19.9 Å². The van der Waals surface area contributed by atoms with Crippen molar-refractivity contribution >= 4 is 17.9 Å². The lowest BCUT2D eigenvalue weighted by Crippen LogP contribution is -2.55. The minimum absolute atomic E-state index is 0.0341. The molecule has 0 saturated carbocycles. The summed E-state index contributed by atoms with van der Waals surface area (Å²) in [6, 6.07) is -0.724. The Bertz CT molecular complexity index is 823. The minimum Gasteiger partial charge on any atom is -0.544 e. The normalized spacial score (nSPS) is 13.1. The number of esters is 2. The number of quaternary nitrogens is 1. The predicted molar refractivity (Wildman–Crippen MR) is 199 cm³/mol. The zero-order chi connectivity index (χ0) is 36.4. The van der Waals surface area contributed by atoms with E-state index >= 15 is 0 Å². The molecule has 0 aromatic rings. The van der Waals surface area contributed by atoms with Gasteiger partial charge in [-0.3, -0.25) is 9.59 Å². The number of carbonyl (C=O) groups is 3. The standard InChI is InChI=1S/C41H77NO7/c1-6-8-10-12-14-15-16-17-18-19-20-21-22-23-24-26-28-30-32-40(44)49-37(35-47-34-33-38(41(45)46)42(3,4)5)36-48-39(43)31-29-27-25-13-11-9-7-2/h25,27,37-38H,6-24,26,28-36H2,1-5H3/b27-25+. The maximum absolute atomic E-state index is 12.6. The van der Waals surface area contributed by atoms with Gasteiger partial charge in [0, 0.05) is 19.3 Å². The molecule has 0 aliphatic carbocycles. The monoisotopic (exact) mass is 696 g/mol. The molecular weight excluding hydrogens is 618 g/mol. The summed E-state index contributed by atoms with van der Waals surface area (Å²) in [4.78, 5) is 36.5. The van der Waals surface area contributed by atoms with Crippen LogP contribution in [0.15, 0.2) is 12.2 Å². The number of hydrogen-bond donors (Lipinski definition) is 0. The molecule has 2 atom stereocenters. The number of unbranched alkanes of at least 4 members (excludes halogenated alkanes) is 20. The van der Waals surface area contributed by atoms with E-state index < -0.39 is 18.1 Å². The zero-order valence-electron chi connectivity index (χ0n) is 32.6. The van der Waals surface area contributed by atoms with Crippen LogP contribution in [0.25, 0.3) is 0 Å². The van der Waals surface area contributed by atoms with Gasteiger partial charge in [0.05, 0.1) is 40.3 Å². The highest BCUT2D eigenvalue weighted by Gasteiger charge is 2.25. The summed E-state index contributed by atoms with van der Waals surface area (Å²) in [7, 11) is 5.39. The van der Waals surface area contributed by atoms with Crippen LogP contribution in [-0.2, 0) is 28.6 Å². The fraction of sp³-hybridized carbons (Fsp3) is 0.878. The molecular formula is C41H77NO7. The maximum atomic E-state index is 12.6. The number of rotatable bonds is 36. The zero-order valence-corrected chi connectivity index (χ0v) is 32.6. The predicted octanol–water partition coefficient (Wildman–Crippen LogP) is 9.02. The average Bonchev–Trinajstić information content (AvgIpc) is 3.05. The molecule has 8 nitrogen and oxygen atoms in total. The molecule has 0 aromatic carbocycles. The van der Waals surface area contributed by atoms with Crippen molar-refractivity contribution in [2.75, 3.05) is 41.0 Å². The Morgan fingerprint density at radius 1 is 0.592 bits per heavy atom. The number of carboxylic acid groups (broad SMARTS) is 1. The number of carbonyl (C=O) groups excluding carboxylic acids is 3. The first-order valence-corrected chi connectivity index (χ1v) is 20.2. The first-order valence-electron chi connectivity index (χ1n) is 20.2. The van der Waals surface area contributed by atoms with E-state index in [1.807, 2.05) is 6.08 Å². The van der Waals surface area contributed by atoms with Gasteiger partial charge in [-0.2, -0.15) is 0 Å². The van der Waals surface area contributed by atoms with Gasteiger partial charge in [0.25, 0.3) is 0 Å². The number of likely N-dealkylation sites (N-methyl/N-ethyl adjacent to an activating group) is 1. The van der Waals surface area contributed by atoms with Gasteiger partial charge in [-0.1, -0.05) is 148 Å². The number of carboxylic acids is 1. The summed E-state index contributed by atoms with van der Waals surface area (Å²) >= 11 is 0. The largest absolute Gasteiger partial charge is 0.544 e. The Morgan fingerprint density at radius 2 is 1.06 bits per heavy atom. The second-order valence-corrected chi connectivity index (χ2v) is 14.9. The van der Waals surface area contributed by atoms with Gasteiger partial charge in [-0.05, 0) is 25.7 Å². The number of nitrogens with zero attached hydrogens (tertiary/aromatic N) is 1. The summed E-state index contributed by atoms with van der Waals surface area (Å²) in [5.74, 6) is -1.79. The van der Waals surface area contributed by atoms with Gasteiger partial charge in [0.15, 0.2) is 6.10 Å². The molecule has 0 fully saturated rings. The van der Waals surface area contributed by atoms with Crippen molar-refractivity contribution in [2.24, 2.45) is 0 Å². The van der Waals surface area contributed by atoms with Gasteiger partial charge in [-0.15, -0.1) is 0 Å².